The molecule has 0 aliphatic rings. The normalized spacial score (nSPS) is 12.2. The molecule has 0 aromatic heterocycles. The smallest absolute Gasteiger partial charge is 0.333 e. The molecule has 0 radical (unpaired) electrons. The van der Waals surface area contributed by atoms with Crippen molar-refractivity contribution < 1.29 is 9.53 Å². The van der Waals surface area contributed by atoms with Crippen LogP contribution in [0.15, 0.2) is 12.2 Å². The number of carbonyl (C=O) groups excluding carboxylic acids is 1. The molecule has 0 spiro atoms. The lowest BCUT2D eigenvalue weighted by molar-refractivity contribution is -0.140. The van der Waals surface area contributed by atoms with Gasteiger partial charge in [-0.1, -0.05) is 39.7 Å². The molecular weight excluding hydrogens is 176 g/mol. The first-order chi connectivity index (χ1) is 6.61. The number of ether oxygens (including phenoxy) is 1. The second-order valence-corrected chi connectivity index (χ2v) is 3.80. The lowest BCUT2D eigenvalue weighted by Gasteiger charge is -2.14. The monoisotopic (exact) mass is 198 g/mol. The van der Waals surface area contributed by atoms with Gasteiger partial charge in [0.25, 0.3) is 0 Å². The van der Waals surface area contributed by atoms with E-state index in [1.165, 1.54) is 12.8 Å². The van der Waals surface area contributed by atoms with Gasteiger partial charge in [-0.2, -0.15) is 0 Å². The molecule has 0 saturated heterocycles. The maximum atomic E-state index is 11.1. The van der Waals surface area contributed by atoms with Gasteiger partial charge >= 0.3 is 5.97 Å². The molecule has 0 unspecified atom stereocenters. The highest BCUT2D eigenvalue weighted by molar-refractivity contribution is 5.86. The summed E-state index contributed by atoms with van der Waals surface area (Å²) in [6.07, 6.45) is 4.63. The van der Waals surface area contributed by atoms with E-state index in [2.05, 4.69) is 20.4 Å². The third kappa shape index (κ3) is 5.79. The predicted molar refractivity (Wildman–Crippen MR) is 59.1 cm³/mol. The number of esters is 1. The van der Waals surface area contributed by atoms with Gasteiger partial charge in [-0.25, -0.2) is 4.79 Å². The van der Waals surface area contributed by atoms with Gasteiger partial charge in [-0.3, -0.25) is 0 Å². The molecule has 0 aliphatic carbocycles. The molecule has 14 heavy (non-hydrogen) atoms. The summed E-state index contributed by atoms with van der Waals surface area (Å²) in [7, 11) is 0. The summed E-state index contributed by atoms with van der Waals surface area (Å²) < 4.78 is 5.12. The van der Waals surface area contributed by atoms with Crippen molar-refractivity contribution in [1.29, 1.82) is 0 Å². The molecule has 0 bridgehead atoms. The minimum atomic E-state index is -0.264. The summed E-state index contributed by atoms with van der Waals surface area (Å²) in [4.78, 5) is 11.1. The van der Waals surface area contributed by atoms with Gasteiger partial charge in [0.15, 0.2) is 0 Å². The van der Waals surface area contributed by atoms with Crippen LogP contribution in [0.25, 0.3) is 0 Å². The van der Waals surface area contributed by atoms with E-state index in [1.807, 2.05) is 0 Å². The van der Waals surface area contributed by atoms with Crippen LogP contribution in [0.3, 0.4) is 0 Å². The third-order valence-corrected chi connectivity index (χ3v) is 2.34. The van der Waals surface area contributed by atoms with Crippen molar-refractivity contribution >= 4 is 5.97 Å². The van der Waals surface area contributed by atoms with Crippen molar-refractivity contribution in [2.24, 2.45) is 5.92 Å². The van der Waals surface area contributed by atoms with Crippen LogP contribution in [0.1, 0.15) is 46.5 Å². The first-order valence-electron chi connectivity index (χ1n) is 5.44. The second kappa shape index (κ2) is 7.60. The van der Waals surface area contributed by atoms with Crippen LogP contribution in [-0.2, 0) is 9.53 Å². The molecule has 0 aliphatic heterocycles. The molecule has 1 atom stereocenters. The van der Waals surface area contributed by atoms with Crippen molar-refractivity contribution in [1.82, 2.24) is 0 Å². The Kier molecular flexibility index (Phi) is 7.17. The van der Waals surface area contributed by atoms with Crippen LogP contribution in [0, 0.1) is 5.92 Å². The molecule has 0 amide bonds. The predicted octanol–water partition coefficient (Wildman–Crippen LogP) is 3.32. The average molecular weight is 198 g/mol. The number of hydrogen-bond donors (Lipinski definition) is 0. The van der Waals surface area contributed by atoms with Crippen molar-refractivity contribution in [2.45, 2.75) is 46.5 Å². The fourth-order valence-corrected chi connectivity index (χ4v) is 1.21. The van der Waals surface area contributed by atoms with Gasteiger partial charge in [0.2, 0.25) is 0 Å². The highest BCUT2D eigenvalue weighted by Gasteiger charge is 2.09. The highest BCUT2D eigenvalue weighted by Crippen LogP contribution is 2.13. The summed E-state index contributed by atoms with van der Waals surface area (Å²) in [6.45, 7) is 10.1. The van der Waals surface area contributed by atoms with E-state index in [9.17, 15) is 4.79 Å². The second-order valence-electron chi connectivity index (χ2n) is 3.80. The third-order valence-electron chi connectivity index (χ3n) is 2.34. The molecule has 0 rings (SSSR count). The van der Waals surface area contributed by atoms with Crippen LogP contribution < -0.4 is 0 Å². The molecule has 0 fully saturated rings. The Balaban J connectivity index is 3.71. The van der Waals surface area contributed by atoms with E-state index in [0.717, 1.165) is 12.8 Å². The zero-order valence-corrected chi connectivity index (χ0v) is 9.64. The Labute approximate surface area is 87.3 Å². The minimum absolute atomic E-state index is 0.264. The van der Waals surface area contributed by atoms with Crippen molar-refractivity contribution in [2.75, 3.05) is 6.61 Å². The largest absolute Gasteiger partial charge is 0.462 e. The summed E-state index contributed by atoms with van der Waals surface area (Å²) in [5.41, 5.74) is 0.482. The molecular formula is C12H22O2. The van der Waals surface area contributed by atoms with E-state index >= 15 is 0 Å². The summed E-state index contributed by atoms with van der Waals surface area (Å²) >= 11 is 0. The SMILES string of the molecule is C=C(C)C(=O)OC[C@@H](CC)CCCC. The number of carbonyl (C=O) groups is 1. The van der Waals surface area contributed by atoms with E-state index in [0.29, 0.717) is 18.1 Å². The fraction of sp³-hybridized carbons (Fsp3) is 0.750. The number of unbranched alkanes of at least 4 members (excludes halogenated alkanes) is 1. The van der Waals surface area contributed by atoms with E-state index in [4.69, 9.17) is 4.74 Å². The van der Waals surface area contributed by atoms with Gasteiger partial charge < -0.3 is 4.74 Å². The van der Waals surface area contributed by atoms with Crippen LogP contribution in [0.4, 0.5) is 0 Å². The Hall–Kier alpha value is -0.790. The van der Waals surface area contributed by atoms with Gasteiger partial charge in [0, 0.05) is 5.57 Å². The van der Waals surface area contributed by atoms with Crippen molar-refractivity contribution in [3.05, 3.63) is 12.2 Å². The Morgan fingerprint density at radius 1 is 1.43 bits per heavy atom. The van der Waals surface area contributed by atoms with Crippen molar-refractivity contribution in [3.63, 3.8) is 0 Å². The maximum absolute atomic E-state index is 11.1. The standard InChI is InChI=1S/C12H22O2/c1-5-7-8-11(6-2)9-14-12(13)10(3)4/h11H,3,5-9H2,1-2,4H3/t11-/m0/s1. The zero-order chi connectivity index (χ0) is 11.0. The first kappa shape index (κ1) is 13.2. The van der Waals surface area contributed by atoms with Crippen molar-refractivity contribution in [3.8, 4) is 0 Å². The molecule has 0 saturated carbocycles. The summed E-state index contributed by atoms with van der Waals surface area (Å²) in [6, 6.07) is 0. The van der Waals surface area contributed by atoms with Gasteiger partial charge in [0.1, 0.15) is 0 Å². The highest BCUT2D eigenvalue weighted by atomic mass is 16.5. The summed E-state index contributed by atoms with van der Waals surface area (Å²) in [5, 5.41) is 0. The fourth-order valence-electron chi connectivity index (χ4n) is 1.21. The molecule has 0 N–H and O–H groups in total. The van der Waals surface area contributed by atoms with Gasteiger partial charge in [-0.15, -0.1) is 0 Å². The minimum Gasteiger partial charge on any atom is -0.462 e. The molecule has 2 nitrogen and oxygen atoms in total. The topological polar surface area (TPSA) is 26.3 Å². The molecule has 0 aromatic rings. The summed E-state index contributed by atoms with van der Waals surface area (Å²) in [5.74, 6) is 0.248. The Morgan fingerprint density at radius 3 is 2.50 bits per heavy atom. The van der Waals surface area contributed by atoms with E-state index in [-0.39, 0.29) is 5.97 Å². The van der Waals surface area contributed by atoms with Crippen LogP contribution >= 0.6 is 0 Å². The Morgan fingerprint density at radius 2 is 2.07 bits per heavy atom. The number of rotatable bonds is 7. The van der Waals surface area contributed by atoms with Gasteiger partial charge in [0.05, 0.1) is 6.61 Å². The molecule has 82 valence electrons. The maximum Gasteiger partial charge on any atom is 0.333 e. The zero-order valence-electron chi connectivity index (χ0n) is 9.64. The quantitative estimate of drug-likeness (QED) is 0.463. The lowest BCUT2D eigenvalue weighted by Crippen LogP contribution is -2.14. The van der Waals surface area contributed by atoms with Gasteiger partial charge in [-0.05, 0) is 19.3 Å². The molecule has 0 aromatic carbocycles. The van der Waals surface area contributed by atoms with E-state index < -0.39 is 0 Å². The lowest BCUT2D eigenvalue weighted by atomic mass is 10.0. The van der Waals surface area contributed by atoms with Crippen LogP contribution in [0.2, 0.25) is 0 Å². The first-order valence-corrected chi connectivity index (χ1v) is 5.44. The Bertz CT molecular complexity index is 185. The molecule has 0 heterocycles. The molecule has 2 heteroatoms. The van der Waals surface area contributed by atoms with Crippen LogP contribution in [0.5, 0.6) is 0 Å². The van der Waals surface area contributed by atoms with Crippen LogP contribution in [-0.4, -0.2) is 12.6 Å². The average Bonchev–Trinajstić information content (AvgIpc) is 2.17. The number of hydrogen-bond acceptors (Lipinski definition) is 2. The van der Waals surface area contributed by atoms with E-state index in [1.54, 1.807) is 6.92 Å².